The molecule has 2 saturated heterocycles. The van der Waals surface area contributed by atoms with Gasteiger partial charge in [0.25, 0.3) is 0 Å². The van der Waals surface area contributed by atoms with E-state index >= 15 is 0 Å². The number of Topliss-reactive ketones (excluding diaryl/α,β-unsaturated/α-hetero) is 1. The maximum atomic E-state index is 14.4. The van der Waals surface area contributed by atoms with Crippen molar-refractivity contribution < 1.29 is 22.7 Å². The van der Waals surface area contributed by atoms with Crippen molar-refractivity contribution in [3.05, 3.63) is 65.5 Å². The van der Waals surface area contributed by atoms with Gasteiger partial charge in [0.05, 0.1) is 5.56 Å². The van der Waals surface area contributed by atoms with E-state index in [4.69, 9.17) is 0 Å². The van der Waals surface area contributed by atoms with Crippen LogP contribution in [0.15, 0.2) is 48.5 Å². The molecule has 2 atom stereocenters. The number of benzene rings is 2. The Kier molecular flexibility index (Phi) is 5.90. The van der Waals surface area contributed by atoms with Crippen LogP contribution in [-0.2, 0) is 6.54 Å². The minimum Gasteiger partial charge on any atom is -0.434 e. The van der Waals surface area contributed by atoms with Gasteiger partial charge in [0.15, 0.2) is 5.78 Å². The van der Waals surface area contributed by atoms with E-state index in [9.17, 15) is 18.0 Å². The van der Waals surface area contributed by atoms with Gasteiger partial charge in [-0.05, 0) is 43.4 Å². The number of alkyl halides is 2. The van der Waals surface area contributed by atoms with E-state index in [-0.39, 0.29) is 29.3 Å². The molecule has 0 amide bonds. The molecule has 0 aromatic heterocycles. The van der Waals surface area contributed by atoms with Gasteiger partial charge in [-0.1, -0.05) is 42.8 Å². The normalized spacial score (nSPS) is 24.5. The third kappa shape index (κ3) is 4.32. The van der Waals surface area contributed by atoms with Crippen LogP contribution in [0.5, 0.6) is 5.75 Å². The maximum Gasteiger partial charge on any atom is 0.387 e. The van der Waals surface area contributed by atoms with Crippen molar-refractivity contribution in [1.29, 1.82) is 0 Å². The number of fused-ring (bicyclic) bond motifs is 2. The van der Waals surface area contributed by atoms with Crippen LogP contribution >= 0.6 is 0 Å². The fourth-order valence-corrected chi connectivity index (χ4v) is 4.89. The molecule has 29 heavy (non-hydrogen) atoms. The molecular formula is C23H24F3NO2. The number of piperidine rings is 2. The Hall–Kier alpha value is -2.34. The molecule has 3 nitrogen and oxygen atoms in total. The smallest absolute Gasteiger partial charge is 0.387 e. The molecule has 2 aromatic rings. The van der Waals surface area contributed by atoms with Gasteiger partial charge in [0, 0.05) is 24.5 Å². The van der Waals surface area contributed by atoms with Crippen molar-refractivity contribution in [3.63, 3.8) is 0 Å². The average molecular weight is 403 g/mol. The molecule has 2 fully saturated rings. The number of ether oxygens (including phenoxy) is 1. The lowest BCUT2D eigenvalue weighted by molar-refractivity contribution is -0.0504. The number of carbonyl (C=O) groups is 1. The predicted molar refractivity (Wildman–Crippen MR) is 103 cm³/mol. The molecule has 2 unspecified atom stereocenters. The summed E-state index contributed by atoms with van der Waals surface area (Å²) >= 11 is 0. The first-order chi connectivity index (χ1) is 14.0. The number of halogens is 3. The molecule has 0 saturated carbocycles. The van der Waals surface area contributed by atoms with Crippen LogP contribution in [0.3, 0.4) is 0 Å². The number of hydrogen-bond acceptors (Lipinski definition) is 3. The van der Waals surface area contributed by atoms with Crippen LogP contribution in [0, 0.1) is 11.7 Å². The Bertz CT molecular complexity index is 844. The van der Waals surface area contributed by atoms with Gasteiger partial charge in [-0.25, -0.2) is 4.39 Å². The zero-order chi connectivity index (χ0) is 20.4. The maximum absolute atomic E-state index is 14.4. The van der Waals surface area contributed by atoms with Crippen LogP contribution in [-0.4, -0.2) is 29.4 Å². The average Bonchev–Trinajstić information content (AvgIpc) is 2.68. The van der Waals surface area contributed by atoms with Crippen molar-refractivity contribution in [1.82, 2.24) is 4.90 Å². The fraction of sp³-hybridized carbons (Fsp3) is 0.435. The quantitative estimate of drug-likeness (QED) is 0.602. The largest absolute Gasteiger partial charge is 0.434 e. The Morgan fingerprint density at radius 1 is 1.03 bits per heavy atom. The van der Waals surface area contributed by atoms with E-state index in [0.717, 1.165) is 31.9 Å². The summed E-state index contributed by atoms with van der Waals surface area (Å²) < 4.78 is 44.3. The van der Waals surface area contributed by atoms with Crippen LogP contribution < -0.4 is 4.74 Å². The van der Waals surface area contributed by atoms with E-state index in [1.54, 1.807) is 0 Å². The van der Waals surface area contributed by atoms with Gasteiger partial charge >= 0.3 is 6.61 Å². The standard InChI is InChI=1S/C23H24F3NO2/c24-19-10-5-11-20(29-23(25)26)21(19)22(28)16-12-17-8-4-9-18(13-16)27(17)14-15-6-2-1-3-7-15/h1-3,5-7,10-11,16-18,23H,4,8-9,12-14H2. The minimum atomic E-state index is -3.10. The molecule has 154 valence electrons. The molecule has 2 aliphatic heterocycles. The molecule has 0 radical (unpaired) electrons. The van der Waals surface area contributed by atoms with E-state index in [1.807, 2.05) is 18.2 Å². The predicted octanol–water partition coefficient (Wildman–Crippen LogP) is 5.44. The monoisotopic (exact) mass is 403 g/mol. The summed E-state index contributed by atoms with van der Waals surface area (Å²) in [6.07, 6.45) is 4.33. The summed E-state index contributed by atoms with van der Waals surface area (Å²) in [6, 6.07) is 14.3. The number of nitrogens with zero attached hydrogens (tertiary/aromatic N) is 1. The zero-order valence-electron chi connectivity index (χ0n) is 16.1. The van der Waals surface area contributed by atoms with Crippen molar-refractivity contribution in [2.24, 2.45) is 5.92 Å². The summed E-state index contributed by atoms with van der Waals surface area (Å²) in [6.45, 7) is -2.27. The van der Waals surface area contributed by atoms with Gasteiger partial charge in [-0.2, -0.15) is 8.78 Å². The van der Waals surface area contributed by atoms with Crippen LogP contribution in [0.25, 0.3) is 0 Å². The van der Waals surface area contributed by atoms with Crippen molar-refractivity contribution in [3.8, 4) is 5.75 Å². The van der Waals surface area contributed by atoms with Crippen LogP contribution in [0.4, 0.5) is 13.2 Å². The number of ketones is 1. The van der Waals surface area contributed by atoms with Gasteiger partial charge in [0.2, 0.25) is 0 Å². The lowest BCUT2D eigenvalue weighted by Gasteiger charge is -2.48. The first-order valence-corrected chi connectivity index (χ1v) is 10.1. The molecule has 6 heteroatoms. The molecular weight excluding hydrogens is 379 g/mol. The minimum absolute atomic E-state index is 0.239. The van der Waals surface area contributed by atoms with Crippen molar-refractivity contribution in [2.45, 2.75) is 57.3 Å². The molecule has 2 aliphatic rings. The molecule has 0 aliphatic carbocycles. The Balaban J connectivity index is 1.54. The molecule has 2 aromatic carbocycles. The van der Waals surface area contributed by atoms with Crippen molar-refractivity contribution >= 4 is 5.78 Å². The van der Waals surface area contributed by atoms with Gasteiger partial charge in [0.1, 0.15) is 11.6 Å². The topological polar surface area (TPSA) is 29.5 Å². The summed E-state index contributed by atoms with van der Waals surface area (Å²) in [4.78, 5) is 15.6. The lowest BCUT2D eigenvalue weighted by Crippen LogP contribution is -2.52. The molecule has 2 heterocycles. The second-order valence-electron chi connectivity index (χ2n) is 7.92. The summed E-state index contributed by atoms with van der Waals surface area (Å²) in [5.41, 5.74) is 0.892. The lowest BCUT2D eigenvalue weighted by atomic mass is 9.75. The van der Waals surface area contributed by atoms with Gasteiger partial charge in [-0.3, -0.25) is 9.69 Å². The molecule has 0 spiro atoms. The van der Waals surface area contributed by atoms with Gasteiger partial charge in [-0.15, -0.1) is 0 Å². The van der Waals surface area contributed by atoms with E-state index in [2.05, 4.69) is 21.8 Å². The highest BCUT2D eigenvalue weighted by atomic mass is 19.3. The highest BCUT2D eigenvalue weighted by Crippen LogP contribution is 2.40. The third-order valence-electron chi connectivity index (χ3n) is 6.14. The Morgan fingerprint density at radius 3 is 2.38 bits per heavy atom. The molecule has 4 rings (SSSR count). The van der Waals surface area contributed by atoms with E-state index < -0.39 is 18.2 Å². The van der Waals surface area contributed by atoms with E-state index in [0.29, 0.717) is 12.8 Å². The van der Waals surface area contributed by atoms with Crippen LogP contribution in [0.2, 0.25) is 0 Å². The number of rotatable bonds is 6. The second-order valence-corrected chi connectivity index (χ2v) is 7.92. The Morgan fingerprint density at radius 2 is 1.72 bits per heavy atom. The van der Waals surface area contributed by atoms with E-state index in [1.165, 1.54) is 17.7 Å². The SMILES string of the molecule is O=C(c1c(F)cccc1OC(F)F)C1CC2CCCC(C1)N2Cc1ccccc1. The van der Waals surface area contributed by atoms with Gasteiger partial charge < -0.3 is 4.74 Å². The second kappa shape index (κ2) is 8.57. The number of carbonyl (C=O) groups excluding carboxylic acids is 1. The molecule has 0 N–H and O–H groups in total. The first-order valence-electron chi connectivity index (χ1n) is 10.1. The molecule has 2 bridgehead atoms. The summed E-state index contributed by atoms with van der Waals surface area (Å²) in [7, 11) is 0. The summed E-state index contributed by atoms with van der Waals surface area (Å²) in [5, 5.41) is 0. The third-order valence-corrected chi connectivity index (χ3v) is 6.14. The Labute approximate surface area is 168 Å². The summed E-state index contributed by atoms with van der Waals surface area (Å²) in [5.74, 6) is -1.98. The number of hydrogen-bond donors (Lipinski definition) is 0. The fourth-order valence-electron chi connectivity index (χ4n) is 4.89. The zero-order valence-corrected chi connectivity index (χ0v) is 16.1. The van der Waals surface area contributed by atoms with Crippen LogP contribution in [0.1, 0.15) is 48.0 Å². The highest BCUT2D eigenvalue weighted by molar-refractivity contribution is 6.00. The first kappa shape index (κ1) is 20.0. The highest BCUT2D eigenvalue weighted by Gasteiger charge is 2.41. The van der Waals surface area contributed by atoms with Crippen molar-refractivity contribution in [2.75, 3.05) is 0 Å².